The van der Waals surface area contributed by atoms with Crippen molar-refractivity contribution in [2.45, 2.75) is 33.4 Å². The predicted molar refractivity (Wildman–Crippen MR) is 91.3 cm³/mol. The topological polar surface area (TPSA) is 38.2 Å². The van der Waals surface area contributed by atoms with Crippen molar-refractivity contribution in [1.29, 1.82) is 0 Å². The molecule has 0 aliphatic carbocycles. The van der Waals surface area contributed by atoms with Gasteiger partial charge in [0.15, 0.2) is 5.82 Å². The van der Waals surface area contributed by atoms with Crippen LogP contribution in [0.5, 0.6) is 6.01 Å². The van der Waals surface area contributed by atoms with Gasteiger partial charge in [0.2, 0.25) is 0 Å². The van der Waals surface area contributed by atoms with Gasteiger partial charge in [0.05, 0.1) is 6.61 Å². The number of benzene rings is 1. The molecule has 7 heteroatoms. The lowest BCUT2D eigenvalue weighted by molar-refractivity contribution is -0.137. The first-order valence-corrected chi connectivity index (χ1v) is 8.12. The van der Waals surface area contributed by atoms with E-state index in [1.165, 1.54) is 4.90 Å². The molecule has 2 rings (SSSR count). The molecule has 1 heterocycles. The van der Waals surface area contributed by atoms with Crippen LogP contribution < -0.4 is 9.64 Å². The quantitative estimate of drug-likeness (QED) is 0.743. The molecule has 1 aromatic carbocycles. The van der Waals surface area contributed by atoms with Crippen molar-refractivity contribution >= 4 is 11.5 Å². The zero-order valence-corrected chi connectivity index (χ0v) is 14.8. The maximum Gasteiger partial charge on any atom is 0.421 e. The van der Waals surface area contributed by atoms with Crippen LogP contribution in [0, 0.1) is 5.92 Å². The molecule has 0 unspecified atom stereocenters. The normalized spacial score (nSPS) is 11.7. The summed E-state index contributed by atoms with van der Waals surface area (Å²) in [7, 11) is 1.55. The van der Waals surface area contributed by atoms with Gasteiger partial charge in [-0.25, -0.2) is 4.98 Å². The van der Waals surface area contributed by atoms with E-state index in [9.17, 15) is 13.2 Å². The van der Waals surface area contributed by atoms with Crippen molar-refractivity contribution in [2.24, 2.45) is 5.92 Å². The Balaban J connectivity index is 2.39. The highest BCUT2D eigenvalue weighted by molar-refractivity contribution is 5.63. The number of anilines is 2. The van der Waals surface area contributed by atoms with E-state index in [4.69, 9.17) is 4.74 Å². The molecule has 1 aromatic heterocycles. The molecule has 0 spiro atoms. The molecule has 0 saturated heterocycles. The summed E-state index contributed by atoms with van der Waals surface area (Å²) >= 11 is 0. The van der Waals surface area contributed by atoms with Crippen molar-refractivity contribution in [3.05, 3.63) is 41.6 Å². The van der Waals surface area contributed by atoms with Gasteiger partial charge in [0.25, 0.3) is 0 Å². The summed E-state index contributed by atoms with van der Waals surface area (Å²) in [6, 6.07) is 7.35. The molecule has 25 heavy (non-hydrogen) atoms. The van der Waals surface area contributed by atoms with Crippen LogP contribution in [-0.4, -0.2) is 23.6 Å². The molecule has 0 atom stereocenters. The molecule has 4 nitrogen and oxygen atoms in total. The van der Waals surface area contributed by atoms with Crippen LogP contribution in [0.1, 0.15) is 31.9 Å². The molecule has 136 valence electrons. The molecule has 0 N–H and O–H groups in total. The van der Waals surface area contributed by atoms with Crippen molar-refractivity contribution in [1.82, 2.24) is 9.97 Å². The smallest absolute Gasteiger partial charge is 0.421 e. The Hall–Kier alpha value is -2.31. The number of rotatable bonds is 6. The minimum absolute atomic E-state index is 0.0752. The number of ether oxygens (including phenoxy) is 1. The monoisotopic (exact) mass is 353 g/mol. The van der Waals surface area contributed by atoms with Crippen LogP contribution in [-0.2, 0) is 12.6 Å². The highest BCUT2D eigenvalue weighted by Gasteiger charge is 2.36. The van der Waals surface area contributed by atoms with Gasteiger partial charge in [0, 0.05) is 18.9 Å². The molecule has 0 saturated carbocycles. The Morgan fingerprint density at radius 2 is 1.80 bits per heavy atom. The van der Waals surface area contributed by atoms with E-state index in [0.29, 0.717) is 11.6 Å². The lowest BCUT2D eigenvalue weighted by Gasteiger charge is -2.23. The molecule has 0 aliphatic rings. The van der Waals surface area contributed by atoms with Crippen LogP contribution >= 0.6 is 0 Å². The minimum Gasteiger partial charge on any atom is -0.464 e. The van der Waals surface area contributed by atoms with Crippen molar-refractivity contribution in [3.63, 3.8) is 0 Å². The van der Waals surface area contributed by atoms with Gasteiger partial charge in [-0.15, -0.1) is 0 Å². The third-order valence-corrected chi connectivity index (χ3v) is 3.61. The second-order valence-corrected chi connectivity index (χ2v) is 6.14. The first kappa shape index (κ1) is 19.0. The first-order chi connectivity index (χ1) is 11.7. The number of nitrogens with zero attached hydrogens (tertiary/aromatic N) is 3. The fraction of sp³-hybridized carbons (Fsp3) is 0.444. The fourth-order valence-corrected chi connectivity index (χ4v) is 2.46. The summed E-state index contributed by atoms with van der Waals surface area (Å²) in [4.78, 5) is 8.98. The fourth-order valence-electron chi connectivity index (χ4n) is 2.46. The van der Waals surface area contributed by atoms with Crippen molar-refractivity contribution in [2.75, 3.05) is 18.6 Å². The molecule has 0 bridgehead atoms. The lowest BCUT2D eigenvalue weighted by Crippen LogP contribution is -2.19. The van der Waals surface area contributed by atoms with Gasteiger partial charge in [-0.3, -0.25) is 0 Å². The SMILES string of the molecule is CCOc1ncc(C(F)(F)F)c(N(C)c2ccc(CC(C)C)cc2)n1. The van der Waals surface area contributed by atoms with E-state index >= 15 is 0 Å². The maximum atomic E-state index is 13.3. The number of halogens is 3. The summed E-state index contributed by atoms with van der Waals surface area (Å²) in [6.45, 7) is 6.23. The molecule has 0 fully saturated rings. The second kappa shape index (κ2) is 7.72. The first-order valence-electron chi connectivity index (χ1n) is 8.12. The summed E-state index contributed by atoms with van der Waals surface area (Å²) in [5.74, 6) is 0.276. The van der Waals surface area contributed by atoms with E-state index in [-0.39, 0.29) is 18.4 Å². The molecule has 0 aliphatic heterocycles. The Kier molecular flexibility index (Phi) is 5.87. The number of hydrogen-bond acceptors (Lipinski definition) is 4. The second-order valence-electron chi connectivity index (χ2n) is 6.14. The molecule has 2 aromatic rings. The van der Waals surface area contributed by atoms with E-state index in [1.54, 1.807) is 26.1 Å². The van der Waals surface area contributed by atoms with Crippen LogP contribution in [0.2, 0.25) is 0 Å². The summed E-state index contributed by atoms with van der Waals surface area (Å²) in [5.41, 5.74) is 0.852. The summed E-state index contributed by atoms with van der Waals surface area (Å²) < 4.78 is 45.1. The van der Waals surface area contributed by atoms with Gasteiger partial charge in [0.1, 0.15) is 5.56 Å². The largest absolute Gasteiger partial charge is 0.464 e. The van der Waals surface area contributed by atoms with Crippen molar-refractivity contribution < 1.29 is 17.9 Å². The lowest BCUT2D eigenvalue weighted by atomic mass is 10.0. The molecular formula is C18H22F3N3O. The van der Waals surface area contributed by atoms with E-state index in [0.717, 1.165) is 18.2 Å². The van der Waals surface area contributed by atoms with Crippen LogP contribution in [0.25, 0.3) is 0 Å². The molecule has 0 radical (unpaired) electrons. The molecular weight excluding hydrogens is 331 g/mol. The number of hydrogen-bond donors (Lipinski definition) is 0. The van der Waals surface area contributed by atoms with E-state index in [1.807, 2.05) is 12.1 Å². The zero-order valence-electron chi connectivity index (χ0n) is 14.8. The van der Waals surface area contributed by atoms with Gasteiger partial charge < -0.3 is 9.64 Å². The summed E-state index contributed by atoms with van der Waals surface area (Å²) in [5, 5.41) is 0. The average Bonchev–Trinajstić information content (AvgIpc) is 2.53. The van der Waals surface area contributed by atoms with Gasteiger partial charge in [-0.1, -0.05) is 26.0 Å². The van der Waals surface area contributed by atoms with Crippen LogP contribution in [0.15, 0.2) is 30.5 Å². The predicted octanol–water partition coefficient (Wildman–Crippen LogP) is 4.86. The zero-order chi connectivity index (χ0) is 18.6. The van der Waals surface area contributed by atoms with Crippen molar-refractivity contribution in [3.8, 4) is 6.01 Å². The molecule has 0 amide bonds. The van der Waals surface area contributed by atoms with Crippen LogP contribution in [0.3, 0.4) is 0 Å². The van der Waals surface area contributed by atoms with Gasteiger partial charge >= 0.3 is 12.2 Å². The third kappa shape index (κ3) is 4.84. The standard InChI is InChI=1S/C18H22F3N3O/c1-5-25-17-22-11-15(18(19,20)21)16(23-17)24(4)14-8-6-13(7-9-14)10-12(2)3/h6-9,11-12H,5,10H2,1-4H3. The minimum atomic E-state index is -4.55. The average molecular weight is 353 g/mol. The Morgan fingerprint density at radius 3 is 2.32 bits per heavy atom. The highest BCUT2D eigenvalue weighted by Crippen LogP contribution is 2.37. The van der Waals surface area contributed by atoms with Gasteiger partial charge in [-0.05, 0) is 37.0 Å². The maximum absolute atomic E-state index is 13.3. The Bertz CT molecular complexity index is 700. The van der Waals surface area contributed by atoms with Gasteiger partial charge in [-0.2, -0.15) is 18.2 Å². The number of aromatic nitrogens is 2. The highest BCUT2D eigenvalue weighted by atomic mass is 19.4. The van der Waals surface area contributed by atoms with Crippen LogP contribution in [0.4, 0.5) is 24.7 Å². The van der Waals surface area contributed by atoms with E-state index < -0.39 is 11.7 Å². The number of alkyl halides is 3. The van der Waals surface area contributed by atoms with E-state index in [2.05, 4.69) is 23.8 Å². The third-order valence-electron chi connectivity index (χ3n) is 3.61. The summed E-state index contributed by atoms with van der Waals surface area (Å²) in [6.07, 6.45) is -2.87. The Morgan fingerprint density at radius 1 is 1.16 bits per heavy atom. The Labute approximate surface area is 145 Å².